The Hall–Kier alpha value is -1.94. The van der Waals surface area contributed by atoms with E-state index in [1.807, 2.05) is 0 Å². The third-order valence-electron chi connectivity index (χ3n) is 3.16. The molecule has 0 saturated heterocycles. The number of alkyl halides is 3. The summed E-state index contributed by atoms with van der Waals surface area (Å²) in [7, 11) is -5.71. The lowest BCUT2D eigenvalue weighted by Crippen LogP contribution is -2.33. The summed E-state index contributed by atoms with van der Waals surface area (Å²) in [6.45, 7) is 2.03. The number of amides is 1. The van der Waals surface area contributed by atoms with Gasteiger partial charge in [0.1, 0.15) is 0 Å². The predicted octanol–water partition coefficient (Wildman–Crippen LogP) is 3.10. The first-order valence-corrected chi connectivity index (χ1v) is 9.12. The lowest BCUT2D eigenvalue weighted by atomic mass is 10.2. The molecule has 10 heteroatoms. The average Bonchev–Trinajstić information content (AvgIpc) is 3.04. The van der Waals surface area contributed by atoms with Gasteiger partial charge in [-0.15, -0.1) is 11.3 Å². The van der Waals surface area contributed by atoms with E-state index in [0.29, 0.717) is 0 Å². The number of rotatable bonds is 5. The first kappa shape index (κ1) is 18.4. The zero-order valence-electron chi connectivity index (χ0n) is 12.4. The predicted molar refractivity (Wildman–Crippen MR) is 82.2 cm³/mol. The highest BCUT2D eigenvalue weighted by atomic mass is 32.2. The molecule has 2 aromatic rings. The van der Waals surface area contributed by atoms with Gasteiger partial charge in [-0.05, 0) is 30.5 Å². The van der Waals surface area contributed by atoms with Crippen molar-refractivity contribution < 1.29 is 26.4 Å². The Labute approximate surface area is 140 Å². The standard InChI is InChI=1S/C14H13F3N2O3S2/c1-2-19(9-10-5-4-8-23-10)13(20)11-6-3-7-18-12(11)24(21,22)14(15,16)17/h3-8H,2,9H2,1H3. The van der Waals surface area contributed by atoms with E-state index in [1.165, 1.54) is 22.3 Å². The van der Waals surface area contributed by atoms with Crippen LogP contribution in [0.15, 0.2) is 40.9 Å². The minimum atomic E-state index is -5.71. The summed E-state index contributed by atoms with van der Waals surface area (Å²) in [5, 5.41) is 0.532. The van der Waals surface area contributed by atoms with Gasteiger partial charge in [-0.3, -0.25) is 4.79 Å². The van der Waals surface area contributed by atoms with E-state index >= 15 is 0 Å². The first-order chi connectivity index (χ1) is 11.2. The number of nitrogens with zero attached hydrogens (tertiary/aromatic N) is 2. The number of thiophene rings is 1. The number of carbonyl (C=O) groups excluding carboxylic acids is 1. The maximum absolute atomic E-state index is 12.8. The van der Waals surface area contributed by atoms with Crippen LogP contribution in [0.25, 0.3) is 0 Å². The van der Waals surface area contributed by atoms with Crippen LogP contribution in [-0.4, -0.2) is 36.3 Å². The first-order valence-electron chi connectivity index (χ1n) is 6.76. The molecule has 0 radical (unpaired) electrons. The monoisotopic (exact) mass is 378 g/mol. The zero-order chi connectivity index (χ0) is 18.0. The molecule has 2 rings (SSSR count). The van der Waals surface area contributed by atoms with Crippen molar-refractivity contribution in [2.75, 3.05) is 6.54 Å². The number of carbonyl (C=O) groups is 1. The smallest absolute Gasteiger partial charge is 0.334 e. The summed E-state index contributed by atoms with van der Waals surface area (Å²) >= 11 is 1.39. The maximum atomic E-state index is 12.8. The van der Waals surface area contributed by atoms with Gasteiger partial charge in [0.15, 0.2) is 5.03 Å². The Balaban J connectivity index is 2.43. The van der Waals surface area contributed by atoms with Crippen LogP contribution in [0.2, 0.25) is 0 Å². The largest absolute Gasteiger partial charge is 0.503 e. The molecule has 24 heavy (non-hydrogen) atoms. The molecular formula is C14H13F3N2O3S2. The Kier molecular flexibility index (Phi) is 5.29. The van der Waals surface area contributed by atoms with Gasteiger partial charge in [-0.2, -0.15) is 13.2 Å². The van der Waals surface area contributed by atoms with Crippen LogP contribution < -0.4 is 0 Å². The normalized spacial score (nSPS) is 12.2. The molecule has 0 fully saturated rings. The molecule has 0 bridgehead atoms. The molecule has 0 aliphatic carbocycles. The molecule has 0 aliphatic rings. The molecule has 5 nitrogen and oxygen atoms in total. The van der Waals surface area contributed by atoms with Gasteiger partial charge in [-0.25, -0.2) is 13.4 Å². The minimum Gasteiger partial charge on any atom is -0.334 e. The third-order valence-corrected chi connectivity index (χ3v) is 5.46. The lowest BCUT2D eigenvalue weighted by Gasteiger charge is -2.21. The summed E-state index contributed by atoms with van der Waals surface area (Å²) in [6, 6.07) is 5.81. The molecule has 0 unspecified atom stereocenters. The number of sulfone groups is 1. The van der Waals surface area contributed by atoms with Gasteiger partial charge >= 0.3 is 5.51 Å². The Morgan fingerprint density at radius 2 is 2.00 bits per heavy atom. The molecule has 0 aromatic carbocycles. The zero-order valence-corrected chi connectivity index (χ0v) is 14.1. The molecule has 2 heterocycles. The molecule has 0 N–H and O–H groups in total. The van der Waals surface area contributed by atoms with Crippen LogP contribution in [0.3, 0.4) is 0 Å². The van der Waals surface area contributed by atoms with Crippen molar-refractivity contribution in [1.82, 2.24) is 9.88 Å². The minimum absolute atomic E-state index is 0.174. The number of hydrogen-bond acceptors (Lipinski definition) is 5. The van der Waals surface area contributed by atoms with Gasteiger partial charge in [0, 0.05) is 17.6 Å². The van der Waals surface area contributed by atoms with E-state index < -0.39 is 31.8 Å². The van der Waals surface area contributed by atoms with E-state index in [4.69, 9.17) is 0 Å². The molecule has 0 saturated carbocycles. The second-order valence-electron chi connectivity index (χ2n) is 4.70. The second kappa shape index (κ2) is 6.89. The maximum Gasteiger partial charge on any atom is 0.503 e. The van der Waals surface area contributed by atoms with Crippen LogP contribution in [-0.2, 0) is 16.4 Å². The van der Waals surface area contributed by atoms with Crippen LogP contribution in [0, 0.1) is 0 Å². The van der Waals surface area contributed by atoms with Crippen molar-refractivity contribution in [3.63, 3.8) is 0 Å². The van der Waals surface area contributed by atoms with E-state index in [0.717, 1.165) is 17.1 Å². The van der Waals surface area contributed by atoms with Gasteiger partial charge in [0.25, 0.3) is 15.7 Å². The highest BCUT2D eigenvalue weighted by molar-refractivity contribution is 7.92. The highest BCUT2D eigenvalue weighted by Gasteiger charge is 2.49. The number of pyridine rings is 1. The van der Waals surface area contributed by atoms with Gasteiger partial charge in [0.2, 0.25) is 0 Å². The van der Waals surface area contributed by atoms with E-state index in [-0.39, 0.29) is 13.1 Å². The molecule has 130 valence electrons. The Morgan fingerprint density at radius 3 is 2.54 bits per heavy atom. The fourth-order valence-electron chi connectivity index (χ4n) is 1.97. The summed E-state index contributed by atoms with van der Waals surface area (Å²) in [4.78, 5) is 17.9. The summed E-state index contributed by atoms with van der Waals surface area (Å²) < 4.78 is 61.7. The quantitative estimate of drug-likeness (QED) is 0.802. The van der Waals surface area contributed by atoms with Crippen molar-refractivity contribution >= 4 is 27.1 Å². The summed E-state index contributed by atoms with van der Waals surface area (Å²) in [5.41, 5.74) is -6.12. The summed E-state index contributed by atoms with van der Waals surface area (Å²) in [5.74, 6) is -0.818. The van der Waals surface area contributed by atoms with E-state index in [1.54, 1.807) is 24.4 Å². The fraction of sp³-hybridized carbons (Fsp3) is 0.286. The van der Waals surface area contributed by atoms with Crippen LogP contribution in [0.5, 0.6) is 0 Å². The molecule has 0 aliphatic heterocycles. The highest BCUT2D eigenvalue weighted by Crippen LogP contribution is 2.31. The van der Waals surface area contributed by atoms with Crippen LogP contribution in [0.4, 0.5) is 13.2 Å². The molecular weight excluding hydrogens is 365 g/mol. The second-order valence-corrected chi connectivity index (χ2v) is 7.59. The van der Waals surface area contributed by atoms with E-state index in [2.05, 4.69) is 4.98 Å². The Morgan fingerprint density at radius 1 is 1.29 bits per heavy atom. The van der Waals surface area contributed by atoms with Crippen molar-refractivity contribution in [2.45, 2.75) is 24.0 Å². The van der Waals surface area contributed by atoms with Gasteiger partial charge in [-0.1, -0.05) is 6.07 Å². The molecule has 0 atom stereocenters. The van der Waals surface area contributed by atoms with Crippen LogP contribution >= 0.6 is 11.3 Å². The average molecular weight is 378 g/mol. The number of hydrogen-bond donors (Lipinski definition) is 0. The summed E-state index contributed by atoms with van der Waals surface area (Å²) in [6.07, 6.45) is 0.908. The van der Waals surface area contributed by atoms with Crippen molar-refractivity contribution in [1.29, 1.82) is 0 Å². The van der Waals surface area contributed by atoms with E-state index in [9.17, 15) is 26.4 Å². The molecule has 1 amide bonds. The SMILES string of the molecule is CCN(Cc1cccs1)C(=O)c1cccnc1S(=O)(=O)C(F)(F)F. The number of aromatic nitrogens is 1. The topological polar surface area (TPSA) is 67.3 Å². The number of halogens is 3. The van der Waals surface area contributed by atoms with Crippen molar-refractivity contribution in [2.24, 2.45) is 0 Å². The van der Waals surface area contributed by atoms with Crippen molar-refractivity contribution in [3.8, 4) is 0 Å². The lowest BCUT2D eigenvalue weighted by molar-refractivity contribution is -0.0438. The molecule has 0 spiro atoms. The molecule has 2 aromatic heterocycles. The fourth-order valence-corrected chi connectivity index (χ4v) is 3.55. The van der Waals surface area contributed by atoms with Gasteiger partial charge < -0.3 is 4.90 Å². The van der Waals surface area contributed by atoms with Crippen molar-refractivity contribution in [3.05, 3.63) is 46.3 Å². The third kappa shape index (κ3) is 3.59. The van der Waals surface area contributed by atoms with Gasteiger partial charge in [0.05, 0.1) is 12.1 Å². The Bertz CT molecular complexity index is 818. The van der Waals surface area contributed by atoms with Crippen LogP contribution in [0.1, 0.15) is 22.2 Å².